The van der Waals surface area contributed by atoms with Gasteiger partial charge in [0.1, 0.15) is 5.69 Å². The number of ether oxygens (including phenoxy) is 1. The first kappa shape index (κ1) is 9.50. The summed E-state index contributed by atoms with van der Waals surface area (Å²) in [6.07, 6.45) is -1.84. The third kappa shape index (κ3) is 1.61. The van der Waals surface area contributed by atoms with Crippen LogP contribution in [0.5, 0.6) is 5.75 Å². The number of pyridine rings is 1. The molecule has 0 bridgehead atoms. The van der Waals surface area contributed by atoms with Gasteiger partial charge in [0.15, 0.2) is 5.75 Å². The molecule has 72 valence electrons. The van der Waals surface area contributed by atoms with Crippen molar-refractivity contribution in [2.75, 3.05) is 12.8 Å². The Morgan fingerprint density at radius 3 is 2.69 bits per heavy atom. The average Bonchev–Trinajstić information content (AvgIpc) is 2.09. The van der Waals surface area contributed by atoms with Crippen LogP contribution in [0.1, 0.15) is 12.0 Å². The largest absolute Gasteiger partial charge is 0.494 e. The van der Waals surface area contributed by atoms with Gasteiger partial charge in [0, 0.05) is 6.20 Å². The van der Waals surface area contributed by atoms with Crippen LogP contribution in [0, 0.1) is 0 Å². The van der Waals surface area contributed by atoms with Crippen molar-refractivity contribution in [2.24, 2.45) is 0 Å². The predicted molar refractivity (Wildman–Crippen MR) is 43.0 cm³/mol. The van der Waals surface area contributed by atoms with Gasteiger partial charge in [0.05, 0.1) is 12.7 Å². The second kappa shape index (κ2) is 3.42. The molecule has 0 aromatic carbocycles. The fourth-order valence-corrected chi connectivity index (χ4v) is 0.935. The molecule has 1 rings (SSSR count). The van der Waals surface area contributed by atoms with E-state index in [0.717, 1.165) is 6.20 Å². The number of hydrogen-bond donors (Lipinski definition) is 2. The lowest BCUT2D eigenvalue weighted by Gasteiger charge is -2.08. The van der Waals surface area contributed by atoms with Gasteiger partial charge < -0.3 is 15.5 Å². The second-order valence-electron chi connectivity index (χ2n) is 2.32. The Labute approximate surface area is 72.3 Å². The second-order valence-corrected chi connectivity index (χ2v) is 2.32. The van der Waals surface area contributed by atoms with Crippen LogP contribution in [0.15, 0.2) is 11.0 Å². The van der Waals surface area contributed by atoms with Gasteiger partial charge in [-0.3, -0.25) is 4.79 Å². The minimum atomic E-state index is -2.73. The number of aromatic nitrogens is 1. The molecule has 0 atom stereocenters. The van der Waals surface area contributed by atoms with E-state index in [9.17, 15) is 13.6 Å². The van der Waals surface area contributed by atoms with E-state index in [1.165, 1.54) is 7.11 Å². The molecule has 0 aliphatic rings. The molecule has 0 aliphatic carbocycles. The van der Waals surface area contributed by atoms with E-state index in [2.05, 4.69) is 9.72 Å². The van der Waals surface area contributed by atoms with Crippen molar-refractivity contribution in [2.45, 2.75) is 6.43 Å². The first-order valence-electron chi connectivity index (χ1n) is 3.41. The summed E-state index contributed by atoms with van der Waals surface area (Å²) in [4.78, 5) is 13.0. The molecule has 1 aromatic rings. The van der Waals surface area contributed by atoms with Crippen LogP contribution >= 0.6 is 0 Å². The Hall–Kier alpha value is -1.59. The van der Waals surface area contributed by atoms with E-state index in [-0.39, 0.29) is 11.4 Å². The van der Waals surface area contributed by atoms with Gasteiger partial charge in [-0.05, 0) is 0 Å². The highest BCUT2D eigenvalue weighted by Gasteiger charge is 2.17. The number of nitrogens with two attached hydrogens (primary N) is 1. The third-order valence-corrected chi connectivity index (χ3v) is 1.55. The maximum absolute atomic E-state index is 12.3. The molecule has 0 unspecified atom stereocenters. The quantitative estimate of drug-likeness (QED) is 0.728. The van der Waals surface area contributed by atoms with Gasteiger partial charge in [-0.1, -0.05) is 0 Å². The highest BCUT2D eigenvalue weighted by Crippen LogP contribution is 2.30. The van der Waals surface area contributed by atoms with Crippen molar-refractivity contribution in [3.8, 4) is 5.75 Å². The molecule has 0 radical (unpaired) electrons. The summed E-state index contributed by atoms with van der Waals surface area (Å²) >= 11 is 0. The number of methoxy groups -OCH3 is 1. The standard InChI is InChI=1S/C7H8F2N2O2/c1-13-5-3(6(8)9)2-11-7(12)4(5)10/h2,6H,10H2,1H3,(H,11,12). The van der Waals surface area contributed by atoms with Gasteiger partial charge in [-0.15, -0.1) is 0 Å². The van der Waals surface area contributed by atoms with Gasteiger partial charge in [0.2, 0.25) is 0 Å². The van der Waals surface area contributed by atoms with Crippen molar-refractivity contribution in [1.29, 1.82) is 0 Å². The van der Waals surface area contributed by atoms with Gasteiger partial charge in [-0.25, -0.2) is 8.78 Å². The van der Waals surface area contributed by atoms with Crippen LogP contribution in [0.25, 0.3) is 0 Å². The molecule has 0 saturated heterocycles. The summed E-state index contributed by atoms with van der Waals surface area (Å²) in [6.45, 7) is 0. The van der Waals surface area contributed by atoms with E-state index >= 15 is 0 Å². The monoisotopic (exact) mass is 190 g/mol. The molecular weight excluding hydrogens is 182 g/mol. The SMILES string of the molecule is COc1c(C(F)F)c[nH]c(=O)c1N. The molecule has 1 aromatic heterocycles. The molecule has 0 aliphatic heterocycles. The van der Waals surface area contributed by atoms with E-state index in [4.69, 9.17) is 5.73 Å². The number of nitrogens with one attached hydrogen (secondary N) is 1. The smallest absolute Gasteiger partial charge is 0.274 e. The number of H-pyrrole nitrogens is 1. The van der Waals surface area contributed by atoms with Crippen LogP contribution in [-0.4, -0.2) is 12.1 Å². The molecular formula is C7H8F2N2O2. The summed E-state index contributed by atoms with van der Waals surface area (Å²) in [5.41, 5.74) is 3.84. The molecule has 0 amide bonds. The minimum Gasteiger partial charge on any atom is -0.494 e. The van der Waals surface area contributed by atoms with Gasteiger partial charge >= 0.3 is 0 Å². The molecule has 1 heterocycles. The van der Waals surface area contributed by atoms with Crippen molar-refractivity contribution in [3.63, 3.8) is 0 Å². The zero-order chi connectivity index (χ0) is 10.0. The maximum Gasteiger partial charge on any atom is 0.274 e. The lowest BCUT2D eigenvalue weighted by Crippen LogP contribution is -2.14. The number of rotatable bonds is 2. The van der Waals surface area contributed by atoms with E-state index in [1.807, 2.05) is 0 Å². The highest BCUT2D eigenvalue weighted by molar-refractivity contribution is 5.54. The fraction of sp³-hybridized carbons (Fsp3) is 0.286. The van der Waals surface area contributed by atoms with E-state index in [1.54, 1.807) is 0 Å². The molecule has 0 spiro atoms. The lowest BCUT2D eigenvalue weighted by atomic mass is 10.2. The van der Waals surface area contributed by atoms with Crippen molar-refractivity contribution >= 4 is 5.69 Å². The number of aromatic amines is 1. The number of anilines is 1. The van der Waals surface area contributed by atoms with Crippen molar-refractivity contribution in [1.82, 2.24) is 4.98 Å². The Kier molecular flexibility index (Phi) is 2.50. The van der Waals surface area contributed by atoms with Crippen LogP contribution in [-0.2, 0) is 0 Å². The average molecular weight is 190 g/mol. The maximum atomic E-state index is 12.3. The first-order chi connectivity index (χ1) is 6.07. The lowest BCUT2D eigenvalue weighted by molar-refractivity contribution is 0.146. The Bertz CT molecular complexity index is 362. The first-order valence-corrected chi connectivity index (χ1v) is 3.41. The van der Waals surface area contributed by atoms with Crippen LogP contribution in [0.4, 0.5) is 14.5 Å². The Morgan fingerprint density at radius 1 is 1.62 bits per heavy atom. The zero-order valence-electron chi connectivity index (χ0n) is 6.80. The van der Waals surface area contributed by atoms with Gasteiger partial charge in [0.25, 0.3) is 12.0 Å². The Balaban J connectivity index is 3.38. The summed E-state index contributed by atoms with van der Waals surface area (Å²) in [7, 11) is 1.18. The highest BCUT2D eigenvalue weighted by atomic mass is 19.3. The van der Waals surface area contributed by atoms with E-state index in [0.29, 0.717) is 0 Å². The van der Waals surface area contributed by atoms with Crippen molar-refractivity contribution < 1.29 is 13.5 Å². The topological polar surface area (TPSA) is 68.1 Å². The normalized spacial score (nSPS) is 10.5. The Morgan fingerprint density at radius 2 is 2.23 bits per heavy atom. The predicted octanol–water partition coefficient (Wildman–Crippen LogP) is 0.903. The third-order valence-electron chi connectivity index (χ3n) is 1.55. The number of nitrogen functional groups attached to an aromatic ring is 1. The van der Waals surface area contributed by atoms with E-state index < -0.39 is 17.5 Å². The molecule has 0 saturated carbocycles. The molecule has 13 heavy (non-hydrogen) atoms. The molecule has 4 nitrogen and oxygen atoms in total. The summed E-state index contributed by atoms with van der Waals surface area (Å²) in [5.74, 6) is -0.265. The van der Waals surface area contributed by atoms with Gasteiger partial charge in [-0.2, -0.15) is 0 Å². The zero-order valence-corrected chi connectivity index (χ0v) is 6.80. The molecule has 3 N–H and O–H groups in total. The molecule has 0 fully saturated rings. The summed E-state index contributed by atoms with van der Waals surface area (Å²) in [6, 6.07) is 0. The summed E-state index contributed by atoms with van der Waals surface area (Å²) < 4.78 is 29.1. The van der Waals surface area contributed by atoms with Crippen LogP contribution < -0.4 is 16.0 Å². The minimum absolute atomic E-state index is 0.265. The fourth-order valence-electron chi connectivity index (χ4n) is 0.935. The van der Waals surface area contributed by atoms with Crippen LogP contribution in [0.2, 0.25) is 0 Å². The summed E-state index contributed by atoms with van der Waals surface area (Å²) in [5, 5.41) is 0. The molecule has 6 heteroatoms. The van der Waals surface area contributed by atoms with Crippen molar-refractivity contribution in [3.05, 3.63) is 22.1 Å². The number of hydrogen-bond acceptors (Lipinski definition) is 3. The number of halogens is 2. The van der Waals surface area contributed by atoms with Crippen LogP contribution in [0.3, 0.4) is 0 Å². The number of alkyl halides is 2.